The monoisotopic (exact) mass is 374 g/mol. The summed E-state index contributed by atoms with van der Waals surface area (Å²) < 4.78 is 0. The maximum Gasteiger partial charge on any atom is 0.163 e. The number of carboxylic acid groups (broad SMARTS) is 1. The van der Waals surface area contributed by atoms with Gasteiger partial charge in [0.25, 0.3) is 0 Å². The molecule has 1 N–H and O–H groups in total. The Hall–Kier alpha value is -3.44. The van der Waals surface area contributed by atoms with Gasteiger partial charge in [-0.25, -0.2) is 9.97 Å². The number of aromatic nitrogens is 2. The molecule has 1 heterocycles. The molecular formula is C21H13ClN3O2-. The van der Waals surface area contributed by atoms with Gasteiger partial charge in [-0.1, -0.05) is 48.0 Å². The first-order valence-corrected chi connectivity index (χ1v) is 8.60. The molecule has 0 atom stereocenters. The van der Waals surface area contributed by atoms with E-state index in [1.54, 1.807) is 18.2 Å². The Morgan fingerprint density at radius 3 is 2.33 bits per heavy atom. The zero-order valence-corrected chi connectivity index (χ0v) is 14.8. The number of para-hydroxylation sites is 1. The number of nitrogens with zero attached hydrogens (tertiary/aromatic N) is 2. The van der Waals surface area contributed by atoms with Crippen molar-refractivity contribution in [2.24, 2.45) is 0 Å². The van der Waals surface area contributed by atoms with E-state index in [2.05, 4.69) is 15.3 Å². The highest BCUT2D eigenvalue weighted by molar-refractivity contribution is 6.33. The number of aromatic carboxylic acids is 1. The van der Waals surface area contributed by atoms with Crippen LogP contribution in [0, 0.1) is 0 Å². The Morgan fingerprint density at radius 2 is 1.59 bits per heavy atom. The fourth-order valence-electron chi connectivity index (χ4n) is 2.76. The number of hydrogen-bond acceptors (Lipinski definition) is 5. The largest absolute Gasteiger partial charge is 0.545 e. The summed E-state index contributed by atoms with van der Waals surface area (Å²) in [5, 5.41) is 15.6. The standard InChI is InChI=1S/C21H14ClN3O2/c22-17-7-3-1-5-15(17)19-24-18-8-4-2-6-16(18)20(25-19)23-14-11-9-13(10-12-14)21(26)27/h1-12H,(H,26,27)(H,23,24,25)/p-1. The fourth-order valence-corrected chi connectivity index (χ4v) is 2.98. The van der Waals surface area contributed by atoms with E-state index in [0.29, 0.717) is 22.4 Å². The van der Waals surface area contributed by atoms with Gasteiger partial charge >= 0.3 is 0 Å². The molecule has 0 aliphatic carbocycles. The van der Waals surface area contributed by atoms with Crippen molar-refractivity contribution in [3.8, 4) is 11.4 Å². The highest BCUT2D eigenvalue weighted by atomic mass is 35.5. The van der Waals surface area contributed by atoms with Crippen molar-refractivity contribution in [2.75, 3.05) is 5.32 Å². The van der Waals surface area contributed by atoms with Gasteiger partial charge < -0.3 is 15.2 Å². The van der Waals surface area contributed by atoms with Crippen LogP contribution in [-0.4, -0.2) is 15.9 Å². The van der Waals surface area contributed by atoms with E-state index in [9.17, 15) is 9.90 Å². The fraction of sp³-hybridized carbons (Fsp3) is 0. The predicted octanol–water partition coefficient (Wildman–Crippen LogP) is 4.06. The molecule has 0 bridgehead atoms. The molecule has 0 aliphatic rings. The summed E-state index contributed by atoms with van der Waals surface area (Å²) in [5.41, 5.74) is 2.33. The van der Waals surface area contributed by atoms with Gasteiger partial charge in [-0.3, -0.25) is 0 Å². The molecule has 0 aliphatic heterocycles. The van der Waals surface area contributed by atoms with Crippen molar-refractivity contribution in [1.82, 2.24) is 9.97 Å². The minimum Gasteiger partial charge on any atom is -0.545 e. The second kappa shape index (κ2) is 7.05. The quantitative estimate of drug-likeness (QED) is 0.583. The van der Waals surface area contributed by atoms with E-state index < -0.39 is 5.97 Å². The maximum atomic E-state index is 10.9. The smallest absolute Gasteiger partial charge is 0.163 e. The van der Waals surface area contributed by atoms with E-state index in [0.717, 1.165) is 16.5 Å². The number of halogens is 1. The molecule has 0 amide bonds. The van der Waals surface area contributed by atoms with E-state index in [1.807, 2.05) is 42.5 Å². The number of rotatable bonds is 4. The Kier molecular flexibility index (Phi) is 4.44. The molecule has 0 saturated heterocycles. The van der Waals surface area contributed by atoms with Gasteiger partial charge in [-0.15, -0.1) is 0 Å². The summed E-state index contributed by atoms with van der Waals surface area (Å²) in [6.45, 7) is 0. The Bertz CT molecular complexity index is 1140. The van der Waals surface area contributed by atoms with Gasteiger partial charge in [0.2, 0.25) is 0 Å². The highest BCUT2D eigenvalue weighted by Gasteiger charge is 2.12. The van der Waals surface area contributed by atoms with Gasteiger partial charge in [0.1, 0.15) is 5.82 Å². The lowest BCUT2D eigenvalue weighted by molar-refractivity contribution is -0.255. The molecular weight excluding hydrogens is 362 g/mol. The number of carbonyl (C=O) groups is 1. The van der Waals surface area contributed by atoms with Crippen molar-refractivity contribution in [3.63, 3.8) is 0 Å². The van der Waals surface area contributed by atoms with Crippen LogP contribution in [0.3, 0.4) is 0 Å². The third-order valence-electron chi connectivity index (χ3n) is 4.10. The molecule has 1 aromatic heterocycles. The Morgan fingerprint density at radius 1 is 0.889 bits per heavy atom. The van der Waals surface area contributed by atoms with Crippen molar-refractivity contribution < 1.29 is 9.90 Å². The molecule has 4 aromatic rings. The first-order chi connectivity index (χ1) is 13.1. The van der Waals surface area contributed by atoms with Crippen LogP contribution >= 0.6 is 11.6 Å². The van der Waals surface area contributed by atoms with Crippen molar-refractivity contribution in [1.29, 1.82) is 0 Å². The second-order valence-electron chi connectivity index (χ2n) is 5.88. The zero-order valence-electron chi connectivity index (χ0n) is 14.0. The van der Waals surface area contributed by atoms with Crippen molar-refractivity contribution in [3.05, 3.63) is 83.4 Å². The predicted molar refractivity (Wildman–Crippen MR) is 104 cm³/mol. The second-order valence-corrected chi connectivity index (χ2v) is 6.29. The normalized spacial score (nSPS) is 10.7. The average molecular weight is 375 g/mol. The number of nitrogens with one attached hydrogen (secondary N) is 1. The van der Waals surface area contributed by atoms with Crippen LogP contribution in [0.4, 0.5) is 11.5 Å². The molecule has 0 radical (unpaired) electrons. The topological polar surface area (TPSA) is 77.9 Å². The Balaban J connectivity index is 1.81. The van der Waals surface area contributed by atoms with Crippen LogP contribution < -0.4 is 10.4 Å². The van der Waals surface area contributed by atoms with Crippen molar-refractivity contribution in [2.45, 2.75) is 0 Å². The van der Waals surface area contributed by atoms with Gasteiger partial charge in [-0.05, 0) is 42.0 Å². The number of carboxylic acids is 1. The molecule has 3 aromatic carbocycles. The lowest BCUT2D eigenvalue weighted by Gasteiger charge is -2.12. The zero-order chi connectivity index (χ0) is 18.8. The van der Waals surface area contributed by atoms with Crippen LogP contribution in [0.1, 0.15) is 10.4 Å². The molecule has 0 saturated carbocycles. The van der Waals surface area contributed by atoms with Gasteiger partial charge in [0.15, 0.2) is 5.82 Å². The summed E-state index contributed by atoms with van der Waals surface area (Å²) in [6.07, 6.45) is 0. The van der Waals surface area contributed by atoms with Crippen LogP contribution in [0.25, 0.3) is 22.3 Å². The maximum absolute atomic E-state index is 10.9. The minimum atomic E-state index is -1.21. The molecule has 0 unspecified atom stereocenters. The summed E-state index contributed by atoms with van der Waals surface area (Å²) >= 11 is 6.31. The summed E-state index contributed by atoms with van der Waals surface area (Å²) in [4.78, 5) is 20.2. The molecule has 27 heavy (non-hydrogen) atoms. The minimum absolute atomic E-state index is 0.116. The number of carbonyl (C=O) groups excluding carboxylic acids is 1. The van der Waals surface area contributed by atoms with Gasteiger partial charge in [0.05, 0.1) is 16.5 Å². The number of anilines is 2. The highest BCUT2D eigenvalue weighted by Crippen LogP contribution is 2.30. The van der Waals surface area contributed by atoms with Crippen LogP contribution in [0.15, 0.2) is 72.8 Å². The lowest BCUT2D eigenvalue weighted by Crippen LogP contribution is -2.21. The molecule has 6 heteroatoms. The van der Waals surface area contributed by atoms with Gasteiger partial charge in [-0.2, -0.15) is 0 Å². The van der Waals surface area contributed by atoms with E-state index in [-0.39, 0.29) is 5.56 Å². The van der Waals surface area contributed by atoms with Crippen LogP contribution in [0.5, 0.6) is 0 Å². The Labute approximate surface area is 160 Å². The third kappa shape index (κ3) is 3.45. The van der Waals surface area contributed by atoms with E-state index in [1.165, 1.54) is 12.1 Å². The first kappa shape index (κ1) is 17.0. The summed E-state index contributed by atoms with van der Waals surface area (Å²) in [7, 11) is 0. The molecule has 4 rings (SSSR count). The molecule has 0 spiro atoms. The third-order valence-corrected chi connectivity index (χ3v) is 4.43. The van der Waals surface area contributed by atoms with Crippen molar-refractivity contribution >= 4 is 40.0 Å². The molecule has 132 valence electrons. The number of fused-ring (bicyclic) bond motifs is 1. The number of benzene rings is 3. The lowest BCUT2D eigenvalue weighted by atomic mass is 10.1. The van der Waals surface area contributed by atoms with E-state index >= 15 is 0 Å². The molecule has 5 nitrogen and oxygen atoms in total. The SMILES string of the molecule is O=C([O-])c1ccc(Nc2nc(-c3ccccc3Cl)nc3ccccc23)cc1. The average Bonchev–Trinajstić information content (AvgIpc) is 2.68. The molecule has 0 fully saturated rings. The summed E-state index contributed by atoms with van der Waals surface area (Å²) in [6, 6.07) is 21.3. The number of hydrogen-bond donors (Lipinski definition) is 1. The van der Waals surface area contributed by atoms with Crippen LogP contribution in [-0.2, 0) is 0 Å². The summed E-state index contributed by atoms with van der Waals surface area (Å²) in [5.74, 6) is -0.0973. The van der Waals surface area contributed by atoms with Crippen LogP contribution in [0.2, 0.25) is 5.02 Å². The van der Waals surface area contributed by atoms with Gasteiger partial charge in [0, 0.05) is 16.6 Å². The van der Waals surface area contributed by atoms with E-state index in [4.69, 9.17) is 11.6 Å². The first-order valence-electron chi connectivity index (χ1n) is 8.22.